The minimum atomic E-state index is -0.366. The highest BCUT2D eigenvalue weighted by molar-refractivity contribution is 5.86. The zero-order valence-corrected chi connectivity index (χ0v) is 9.53. The summed E-state index contributed by atoms with van der Waals surface area (Å²) in [6.45, 7) is 6.03. The first-order valence-corrected chi connectivity index (χ1v) is 5.63. The minimum absolute atomic E-state index is 0.0868. The van der Waals surface area contributed by atoms with Crippen molar-refractivity contribution in [1.29, 1.82) is 0 Å². The van der Waals surface area contributed by atoms with Crippen LogP contribution in [0.1, 0.15) is 30.9 Å². The predicted molar refractivity (Wildman–Crippen MR) is 64.1 cm³/mol. The van der Waals surface area contributed by atoms with Crippen LogP contribution < -0.4 is 0 Å². The Morgan fingerprint density at radius 2 is 2.31 bits per heavy atom. The Bertz CT molecular complexity index is 416. The second kappa shape index (κ2) is 4.12. The highest BCUT2D eigenvalue weighted by Gasteiger charge is 2.52. The molecule has 2 nitrogen and oxygen atoms in total. The SMILES string of the molecule is C=Cc1cccc(C2(C(=O)OCC)CC2)c1. The summed E-state index contributed by atoms with van der Waals surface area (Å²) >= 11 is 0. The molecule has 2 rings (SSSR count). The lowest BCUT2D eigenvalue weighted by atomic mass is 9.94. The third-order valence-electron chi connectivity index (χ3n) is 3.09. The maximum Gasteiger partial charge on any atom is 0.316 e. The molecule has 0 aromatic heterocycles. The van der Waals surface area contributed by atoms with E-state index in [0.717, 1.165) is 24.0 Å². The zero-order chi connectivity index (χ0) is 11.6. The van der Waals surface area contributed by atoms with Gasteiger partial charge in [-0.2, -0.15) is 0 Å². The van der Waals surface area contributed by atoms with Gasteiger partial charge < -0.3 is 4.74 Å². The van der Waals surface area contributed by atoms with E-state index in [-0.39, 0.29) is 11.4 Å². The van der Waals surface area contributed by atoms with Crippen molar-refractivity contribution in [3.63, 3.8) is 0 Å². The van der Waals surface area contributed by atoms with Crippen LogP contribution >= 0.6 is 0 Å². The summed E-state index contributed by atoms with van der Waals surface area (Å²) < 4.78 is 5.13. The molecule has 0 radical (unpaired) electrons. The zero-order valence-electron chi connectivity index (χ0n) is 9.53. The molecule has 84 valence electrons. The molecule has 1 aromatic rings. The van der Waals surface area contributed by atoms with Gasteiger partial charge in [-0.05, 0) is 30.9 Å². The van der Waals surface area contributed by atoms with E-state index in [2.05, 4.69) is 6.58 Å². The Morgan fingerprint density at radius 3 is 2.88 bits per heavy atom. The van der Waals surface area contributed by atoms with Crippen LogP contribution in [0, 0.1) is 0 Å². The molecule has 1 aliphatic carbocycles. The van der Waals surface area contributed by atoms with Crippen molar-refractivity contribution in [3.05, 3.63) is 42.0 Å². The van der Waals surface area contributed by atoms with E-state index in [0.29, 0.717) is 6.61 Å². The van der Waals surface area contributed by atoms with E-state index in [9.17, 15) is 4.79 Å². The Kier molecular flexibility index (Phi) is 2.82. The molecule has 0 atom stereocenters. The lowest BCUT2D eigenvalue weighted by Gasteiger charge is -2.14. The van der Waals surface area contributed by atoms with Gasteiger partial charge in [-0.25, -0.2) is 0 Å². The average molecular weight is 216 g/mol. The molecule has 0 saturated heterocycles. The number of hydrogen-bond donors (Lipinski definition) is 0. The lowest BCUT2D eigenvalue weighted by Crippen LogP contribution is -2.23. The second-order valence-corrected chi connectivity index (χ2v) is 4.13. The van der Waals surface area contributed by atoms with Crippen LogP contribution in [-0.2, 0) is 14.9 Å². The summed E-state index contributed by atoms with van der Waals surface area (Å²) in [6, 6.07) is 7.97. The van der Waals surface area contributed by atoms with Crippen LogP contribution in [0.4, 0.5) is 0 Å². The van der Waals surface area contributed by atoms with Crippen molar-refractivity contribution < 1.29 is 9.53 Å². The molecule has 2 heteroatoms. The first-order valence-electron chi connectivity index (χ1n) is 5.63. The highest BCUT2D eigenvalue weighted by Crippen LogP contribution is 2.49. The van der Waals surface area contributed by atoms with E-state index in [1.807, 2.05) is 31.2 Å². The van der Waals surface area contributed by atoms with Crippen molar-refractivity contribution in [1.82, 2.24) is 0 Å². The molecule has 1 saturated carbocycles. The second-order valence-electron chi connectivity index (χ2n) is 4.13. The maximum absolute atomic E-state index is 11.9. The van der Waals surface area contributed by atoms with Gasteiger partial charge in [0.2, 0.25) is 0 Å². The summed E-state index contributed by atoms with van der Waals surface area (Å²) in [6.07, 6.45) is 3.59. The molecular weight excluding hydrogens is 200 g/mol. The van der Waals surface area contributed by atoms with Crippen LogP contribution in [0.15, 0.2) is 30.8 Å². The van der Waals surface area contributed by atoms with Gasteiger partial charge in [-0.3, -0.25) is 4.79 Å². The number of esters is 1. The lowest BCUT2D eigenvalue weighted by molar-refractivity contribution is -0.146. The van der Waals surface area contributed by atoms with Crippen LogP contribution in [0.2, 0.25) is 0 Å². The van der Waals surface area contributed by atoms with Crippen molar-refractivity contribution >= 4 is 12.0 Å². The Morgan fingerprint density at radius 1 is 1.56 bits per heavy atom. The van der Waals surface area contributed by atoms with E-state index < -0.39 is 0 Å². The number of hydrogen-bond acceptors (Lipinski definition) is 2. The summed E-state index contributed by atoms with van der Waals surface area (Å²) in [5.41, 5.74) is 1.74. The third-order valence-corrected chi connectivity index (χ3v) is 3.09. The first-order chi connectivity index (χ1) is 7.73. The number of carbonyl (C=O) groups excluding carboxylic acids is 1. The van der Waals surface area contributed by atoms with E-state index in [4.69, 9.17) is 4.74 Å². The molecule has 0 bridgehead atoms. The van der Waals surface area contributed by atoms with Gasteiger partial charge in [-0.1, -0.05) is 36.9 Å². The van der Waals surface area contributed by atoms with Gasteiger partial charge in [0, 0.05) is 0 Å². The predicted octanol–water partition coefficient (Wildman–Crippen LogP) is 2.92. The summed E-state index contributed by atoms with van der Waals surface area (Å²) in [5.74, 6) is -0.0868. The Labute approximate surface area is 95.9 Å². The van der Waals surface area contributed by atoms with Crippen LogP contribution in [0.3, 0.4) is 0 Å². The molecule has 16 heavy (non-hydrogen) atoms. The molecular formula is C14H16O2. The standard InChI is InChI=1S/C14H16O2/c1-3-11-6-5-7-12(10-11)14(8-9-14)13(15)16-4-2/h3,5-7,10H,1,4,8-9H2,2H3. The van der Waals surface area contributed by atoms with E-state index in [1.165, 1.54) is 0 Å². The maximum atomic E-state index is 11.9. The minimum Gasteiger partial charge on any atom is -0.465 e. The largest absolute Gasteiger partial charge is 0.465 e. The summed E-state index contributed by atoms with van der Waals surface area (Å²) in [5, 5.41) is 0. The quantitative estimate of drug-likeness (QED) is 0.723. The smallest absolute Gasteiger partial charge is 0.316 e. The van der Waals surface area contributed by atoms with Crippen molar-refractivity contribution in [2.75, 3.05) is 6.61 Å². The van der Waals surface area contributed by atoms with Crippen LogP contribution in [-0.4, -0.2) is 12.6 Å². The molecule has 1 aromatic carbocycles. The van der Waals surface area contributed by atoms with Crippen molar-refractivity contribution in [3.8, 4) is 0 Å². The van der Waals surface area contributed by atoms with Crippen LogP contribution in [0.25, 0.3) is 6.08 Å². The topological polar surface area (TPSA) is 26.3 Å². The molecule has 1 fully saturated rings. The summed E-state index contributed by atoms with van der Waals surface area (Å²) in [7, 11) is 0. The fourth-order valence-electron chi connectivity index (χ4n) is 1.97. The van der Waals surface area contributed by atoms with Crippen molar-refractivity contribution in [2.24, 2.45) is 0 Å². The van der Waals surface area contributed by atoms with Gasteiger partial charge in [0.15, 0.2) is 0 Å². The average Bonchev–Trinajstić information content (AvgIpc) is 3.11. The molecule has 0 amide bonds. The van der Waals surface area contributed by atoms with Gasteiger partial charge in [-0.15, -0.1) is 0 Å². The molecule has 0 aliphatic heterocycles. The first kappa shape index (κ1) is 10.9. The molecule has 0 N–H and O–H groups in total. The summed E-state index contributed by atoms with van der Waals surface area (Å²) in [4.78, 5) is 11.9. The molecule has 0 unspecified atom stereocenters. The fourth-order valence-corrected chi connectivity index (χ4v) is 1.97. The van der Waals surface area contributed by atoms with Gasteiger partial charge in [0.1, 0.15) is 0 Å². The normalized spacial score (nSPS) is 16.6. The van der Waals surface area contributed by atoms with Crippen LogP contribution in [0.5, 0.6) is 0 Å². The number of benzene rings is 1. The van der Waals surface area contributed by atoms with E-state index >= 15 is 0 Å². The Balaban J connectivity index is 2.29. The number of ether oxygens (including phenoxy) is 1. The molecule has 1 aliphatic rings. The van der Waals surface area contributed by atoms with Crippen molar-refractivity contribution in [2.45, 2.75) is 25.2 Å². The number of carbonyl (C=O) groups is 1. The van der Waals surface area contributed by atoms with Gasteiger partial charge >= 0.3 is 5.97 Å². The molecule has 0 heterocycles. The van der Waals surface area contributed by atoms with Gasteiger partial charge in [0.25, 0.3) is 0 Å². The highest BCUT2D eigenvalue weighted by atomic mass is 16.5. The monoisotopic (exact) mass is 216 g/mol. The number of rotatable bonds is 4. The Hall–Kier alpha value is -1.57. The van der Waals surface area contributed by atoms with Gasteiger partial charge in [0.05, 0.1) is 12.0 Å². The fraction of sp³-hybridized carbons (Fsp3) is 0.357. The molecule has 0 spiro atoms. The third kappa shape index (κ3) is 1.75. The van der Waals surface area contributed by atoms with E-state index in [1.54, 1.807) is 6.08 Å².